The van der Waals surface area contributed by atoms with Crippen LogP contribution in [0.2, 0.25) is 0 Å². The van der Waals surface area contributed by atoms with Crippen molar-refractivity contribution in [1.29, 1.82) is 0 Å². The molecule has 9 nitrogen and oxygen atoms in total. The van der Waals surface area contributed by atoms with Gasteiger partial charge in [-0.2, -0.15) is 0 Å². The first-order valence-corrected chi connectivity index (χ1v) is 8.81. The van der Waals surface area contributed by atoms with Crippen LogP contribution in [0.1, 0.15) is 27.7 Å². The van der Waals surface area contributed by atoms with Crippen LogP contribution in [0.25, 0.3) is 0 Å². The van der Waals surface area contributed by atoms with Gasteiger partial charge in [0.25, 0.3) is 0 Å². The maximum atomic E-state index is 11.6. The number of carbonyl (C=O) groups is 3. The molecule has 0 saturated carbocycles. The van der Waals surface area contributed by atoms with Crippen LogP contribution in [0.5, 0.6) is 0 Å². The van der Waals surface area contributed by atoms with Gasteiger partial charge in [-0.05, 0) is 6.92 Å². The van der Waals surface area contributed by atoms with E-state index in [9.17, 15) is 14.4 Å². The molecular formula is C15H22N2O7S. The predicted molar refractivity (Wildman–Crippen MR) is 88.9 cm³/mol. The van der Waals surface area contributed by atoms with Crippen LogP contribution >= 0.6 is 11.8 Å². The molecule has 1 saturated heterocycles. The molecule has 2 aliphatic heterocycles. The molecule has 0 radical (unpaired) electrons. The second-order valence-corrected chi connectivity index (χ2v) is 6.65. The van der Waals surface area contributed by atoms with Gasteiger partial charge in [0, 0.05) is 27.3 Å². The van der Waals surface area contributed by atoms with Crippen LogP contribution in [0.4, 0.5) is 0 Å². The fourth-order valence-corrected chi connectivity index (χ4v) is 3.82. The van der Waals surface area contributed by atoms with Crippen molar-refractivity contribution in [1.82, 2.24) is 5.32 Å². The molecule has 0 bridgehead atoms. The molecule has 0 amide bonds. The first-order chi connectivity index (χ1) is 11.8. The van der Waals surface area contributed by atoms with Gasteiger partial charge in [0.15, 0.2) is 17.4 Å². The van der Waals surface area contributed by atoms with Crippen LogP contribution in [0, 0.1) is 0 Å². The van der Waals surface area contributed by atoms with Crippen molar-refractivity contribution >= 4 is 34.8 Å². The molecule has 0 aromatic rings. The minimum absolute atomic E-state index is 0.120. The number of aliphatic imine (C=N–C) groups is 1. The first-order valence-electron chi connectivity index (χ1n) is 7.93. The summed E-state index contributed by atoms with van der Waals surface area (Å²) in [4.78, 5) is 38.7. The number of rotatable bonds is 5. The summed E-state index contributed by atoms with van der Waals surface area (Å²) in [6.07, 6.45) is -2.52. The molecule has 25 heavy (non-hydrogen) atoms. The van der Waals surface area contributed by atoms with Gasteiger partial charge in [-0.1, -0.05) is 11.8 Å². The summed E-state index contributed by atoms with van der Waals surface area (Å²) < 4.78 is 21.7. The molecular weight excluding hydrogens is 352 g/mol. The van der Waals surface area contributed by atoms with Gasteiger partial charge in [0.1, 0.15) is 24.2 Å². The number of ether oxygens (including phenoxy) is 4. The Labute approximate surface area is 149 Å². The highest BCUT2D eigenvalue weighted by atomic mass is 32.2. The van der Waals surface area contributed by atoms with Crippen molar-refractivity contribution in [3.8, 4) is 0 Å². The highest BCUT2D eigenvalue weighted by molar-refractivity contribution is 8.14. The van der Waals surface area contributed by atoms with E-state index in [1.165, 1.54) is 32.5 Å². The van der Waals surface area contributed by atoms with Crippen molar-refractivity contribution in [2.45, 2.75) is 57.5 Å². The summed E-state index contributed by atoms with van der Waals surface area (Å²) >= 11 is 1.35. The number of esters is 3. The van der Waals surface area contributed by atoms with E-state index in [1.807, 2.05) is 6.92 Å². The van der Waals surface area contributed by atoms with Crippen LogP contribution < -0.4 is 5.32 Å². The third-order valence-corrected chi connectivity index (χ3v) is 4.59. The SMILES string of the molecule is CCNC1=N[C@@H]2[C@@H](OC(C)=O)[C@H](OC(C)=O)[C@@H](COC(C)=O)O[C@@H]2S1. The highest BCUT2D eigenvalue weighted by Gasteiger charge is 2.53. The molecule has 140 valence electrons. The monoisotopic (exact) mass is 374 g/mol. The van der Waals surface area contributed by atoms with E-state index in [4.69, 9.17) is 18.9 Å². The average Bonchev–Trinajstić information content (AvgIpc) is 2.89. The summed E-state index contributed by atoms with van der Waals surface area (Å²) in [6.45, 7) is 6.27. The third kappa shape index (κ3) is 5.08. The normalized spacial score (nSPS) is 30.7. The number of hydrogen-bond donors (Lipinski definition) is 1. The summed E-state index contributed by atoms with van der Waals surface area (Å²) in [5, 5.41) is 3.75. The zero-order valence-corrected chi connectivity index (χ0v) is 15.3. The number of fused-ring (bicyclic) bond motifs is 1. The quantitative estimate of drug-likeness (QED) is 0.533. The number of nitrogens with zero attached hydrogens (tertiary/aromatic N) is 1. The summed E-state index contributed by atoms with van der Waals surface area (Å²) in [5.74, 6) is -1.57. The summed E-state index contributed by atoms with van der Waals surface area (Å²) in [5.41, 5.74) is -0.439. The van der Waals surface area contributed by atoms with Gasteiger partial charge in [0.2, 0.25) is 0 Å². The molecule has 1 N–H and O–H groups in total. The summed E-state index contributed by atoms with van der Waals surface area (Å²) in [6, 6.07) is -0.527. The fourth-order valence-electron chi connectivity index (χ4n) is 2.63. The van der Waals surface area contributed by atoms with E-state index in [0.717, 1.165) is 0 Å². The van der Waals surface area contributed by atoms with Gasteiger partial charge < -0.3 is 24.3 Å². The van der Waals surface area contributed by atoms with E-state index < -0.39 is 47.7 Å². The van der Waals surface area contributed by atoms with Gasteiger partial charge >= 0.3 is 17.9 Å². The second-order valence-electron chi connectivity index (χ2n) is 5.57. The Hall–Kier alpha value is -1.81. The van der Waals surface area contributed by atoms with Crippen molar-refractivity contribution in [2.75, 3.05) is 13.2 Å². The van der Waals surface area contributed by atoms with E-state index in [0.29, 0.717) is 11.7 Å². The largest absolute Gasteiger partial charge is 0.463 e. The molecule has 5 atom stereocenters. The lowest BCUT2D eigenvalue weighted by Crippen LogP contribution is -2.59. The van der Waals surface area contributed by atoms with E-state index >= 15 is 0 Å². The maximum Gasteiger partial charge on any atom is 0.303 e. The zero-order chi connectivity index (χ0) is 18.6. The summed E-state index contributed by atoms with van der Waals surface area (Å²) in [7, 11) is 0. The molecule has 0 unspecified atom stereocenters. The lowest BCUT2D eigenvalue weighted by Gasteiger charge is -2.41. The van der Waals surface area contributed by atoms with E-state index in [2.05, 4.69) is 10.3 Å². The maximum absolute atomic E-state index is 11.6. The number of thioether (sulfide) groups is 1. The molecule has 0 spiro atoms. The number of hydrogen-bond acceptors (Lipinski definition) is 10. The van der Waals surface area contributed by atoms with Crippen molar-refractivity contribution in [2.24, 2.45) is 4.99 Å². The van der Waals surface area contributed by atoms with Gasteiger partial charge in [-0.3, -0.25) is 19.4 Å². The van der Waals surface area contributed by atoms with E-state index in [-0.39, 0.29) is 6.61 Å². The molecule has 0 aromatic carbocycles. The lowest BCUT2D eigenvalue weighted by molar-refractivity contribution is -0.208. The van der Waals surface area contributed by atoms with Gasteiger partial charge in [-0.15, -0.1) is 0 Å². The predicted octanol–water partition coefficient (Wildman–Crippen LogP) is 0.219. The third-order valence-electron chi connectivity index (χ3n) is 3.49. The molecule has 0 aliphatic carbocycles. The highest BCUT2D eigenvalue weighted by Crippen LogP contribution is 2.38. The minimum Gasteiger partial charge on any atom is -0.463 e. The number of amidine groups is 1. The molecule has 1 fully saturated rings. The fraction of sp³-hybridized carbons (Fsp3) is 0.733. The van der Waals surface area contributed by atoms with Gasteiger partial charge in [-0.25, -0.2) is 0 Å². The lowest BCUT2D eigenvalue weighted by atomic mass is 9.98. The first kappa shape index (κ1) is 19.5. The standard InChI is InChI=1S/C15H22N2O7S/c1-5-16-15-17-11-13(23-9(4)20)12(22-8(3)19)10(6-21-7(2)18)24-14(11)25-15/h10-14H,5-6H2,1-4H3,(H,16,17)/t10-,11-,12-,13-,14-/m1/s1. The van der Waals surface area contributed by atoms with Gasteiger partial charge in [0.05, 0.1) is 0 Å². The van der Waals surface area contributed by atoms with Crippen LogP contribution in [-0.4, -0.2) is 66.0 Å². The van der Waals surface area contributed by atoms with Crippen LogP contribution in [0.3, 0.4) is 0 Å². The minimum atomic E-state index is -0.924. The van der Waals surface area contributed by atoms with Crippen molar-refractivity contribution in [3.63, 3.8) is 0 Å². The molecule has 10 heteroatoms. The van der Waals surface area contributed by atoms with Crippen molar-refractivity contribution in [3.05, 3.63) is 0 Å². The van der Waals surface area contributed by atoms with Crippen molar-refractivity contribution < 1.29 is 33.3 Å². The Morgan fingerprint density at radius 1 is 1.12 bits per heavy atom. The van der Waals surface area contributed by atoms with E-state index in [1.54, 1.807) is 0 Å². The topological polar surface area (TPSA) is 113 Å². The molecule has 0 aromatic heterocycles. The Morgan fingerprint density at radius 2 is 1.76 bits per heavy atom. The number of nitrogens with one attached hydrogen (secondary N) is 1. The van der Waals surface area contributed by atoms with Crippen LogP contribution in [-0.2, 0) is 33.3 Å². The zero-order valence-electron chi connectivity index (χ0n) is 14.5. The molecule has 2 aliphatic rings. The molecule has 2 heterocycles. The molecule has 2 rings (SSSR count). The Morgan fingerprint density at radius 3 is 2.32 bits per heavy atom. The Bertz CT molecular complexity index is 568. The van der Waals surface area contributed by atoms with Crippen LogP contribution in [0.15, 0.2) is 4.99 Å². The smallest absolute Gasteiger partial charge is 0.303 e. The Balaban J connectivity index is 2.27. The Kier molecular flexibility index (Phi) is 6.65. The average molecular weight is 374 g/mol. The second kappa shape index (κ2) is 8.52. The number of carbonyl (C=O) groups excluding carboxylic acids is 3.